The predicted octanol–water partition coefficient (Wildman–Crippen LogP) is 3.48. The van der Waals surface area contributed by atoms with Crippen molar-refractivity contribution in [3.8, 4) is 0 Å². The lowest BCUT2D eigenvalue weighted by molar-refractivity contribution is 0.582. The van der Waals surface area contributed by atoms with Crippen molar-refractivity contribution in [3.05, 3.63) is 58.1 Å². The minimum Gasteiger partial charge on any atom is -0.398 e. The normalized spacial score (nSPS) is 11.0. The first-order valence-corrected chi connectivity index (χ1v) is 7.92. The second-order valence-electron chi connectivity index (χ2n) is 4.11. The largest absolute Gasteiger partial charge is 0.398 e. The highest BCUT2D eigenvalue weighted by Gasteiger charge is 2.16. The Labute approximate surface area is 139 Å². The van der Waals surface area contributed by atoms with E-state index in [1.54, 1.807) is 30.3 Å². The van der Waals surface area contributed by atoms with Crippen LogP contribution in [-0.2, 0) is 16.6 Å². The molecule has 3 N–H and O–H groups in total. The molecule has 0 aliphatic heterocycles. The fourth-order valence-corrected chi connectivity index (χ4v) is 3.10. The van der Waals surface area contributed by atoms with E-state index in [0.717, 1.165) is 0 Å². The second-order valence-corrected chi connectivity index (χ2v) is 6.66. The van der Waals surface area contributed by atoms with Gasteiger partial charge in [0.25, 0.3) is 0 Å². The Morgan fingerprint density at radius 2 is 1.71 bits per heavy atom. The number of halogens is 3. The van der Waals surface area contributed by atoms with E-state index in [9.17, 15) is 8.42 Å². The van der Waals surface area contributed by atoms with E-state index in [-0.39, 0.29) is 29.5 Å². The first-order valence-electron chi connectivity index (χ1n) is 5.68. The highest BCUT2D eigenvalue weighted by Crippen LogP contribution is 2.23. The quantitative estimate of drug-likeness (QED) is 0.813. The maximum atomic E-state index is 12.1. The van der Waals surface area contributed by atoms with E-state index < -0.39 is 10.0 Å². The summed E-state index contributed by atoms with van der Waals surface area (Å²) < 4.78 is 26.7. The summed E-state index contributed by atoms with van der Waals surface area (Å²) in [6.07, 6.45) is 0. The second kappa shape index (κ2) is 7.33. The van der Waals surface area contributed by atoms with Crippen molar-refractivity contribution >= 4 is 51.3 Å². The summed E-state index contributed by atoms with van der Waals surface area (Å²) in [6.45, 7) is 0.105. The molecule has 0 atom stereocenters. The number of benzene rings is 2. The van der Waals surface area contributed by atoms with E-state index in [1.807, 2.05) is 0 Å². The van der Waals surface area contributed by atoms with Crippen molar-refractivity contribution in [3.63, 3.8) is 0 Å². The number of nitrogens with one attached hydrogen (secondary N) is 1. The predicted molar refractivity (Wildman–Crippen MR) is 88.6 cm³/mol. The highest BCUT2D eigenvalue weighted by molar-refractivity contribution is 7.89. The number of hydrogen-bond acceptors (Lipinski definition) is 3. The molecule has 114 valence electrons. The maximum Gasteiger partial charge on any atom is 0.242 e. The molecule has 0 fully saturated rings. The highest BCUT2D eigenvalue weighted by atomic mass is 35.5. The number of hydrogen-bond donors (Lipinski definition) is 2. The Hall–Kier alpha value is -0.980. The Morgan fingerprint density at radius 3 is 2.33 bits per heavy atom. The Morgan fingerprint density at radius 1 is 1.05 bits per heavy atom. The van der Waals surface area contributed by atoms with Gasteiger partial charge in [-0.25, -0.2) is 13.1 Å². The molecule has 0 amide bonds. The number of para-hydroxylation sites is 1. The van der Waals surface area contributed by atoms with Gasteiger partial charge in [0.15, 0.2) is 0 Å². The van der Waals surface area contributed by atoms with Crippen molar-refractivity contribution in [2.24, 2.45) is 0 Å². The molecule has 21 heavy (non-hydrogen) atoms. The van der Waals surface area contributed by atoms with Gasteiger partial charge < -0.3 is 5.73 Å². The number of nitrogen functional groups attached to an aromatic ring is 1. The first-order chi connectivity index (χ1) is 9.40. The zero-order valence-corrected chi connectivity index (χ0v) is 13.9. The standard InChI is InChI=1S/C13H12Cl2N2O2S.ClH/c14-10-6-5-9(7-11(10)15)8-17-20(18,19)13-4-2-1-3-12(13)16;/h1-7,17H,8,16H2;1H. The van der Waals surface area contributed by atoms with Crippen LogP contribution in [0.25, 0.3) is 0 Å². The molecule has 2 rings (SSSR count). The summed E-state index contributed by atoms with van der Waals surface area (Å²) in [4.78, 5) is 0.0556. The molecular formula is C13H13Cl3N2O2S. The van der Waals surface area contributed by atoms with Crippen molar-refractivity contribution in [2.75, 3.05) is 5.73 Å². The van der Waals surface area contributed by atoms with Crippen LogP contribution < -0.4 is 10.5 Å². The molecule has 0 aromatic heterocycles. The van der Waals surface area contributed by atoms with Crippen LogP contribution in [-0.4, -0.2) is 8.42 Å². The summed E-state index contributed by atoms with van der Waals surface area (Å²) in [6, 6.07) is 11.2. The molecule has 2 aromatic rings. The summed E-state index contributed by atoms with van der Waals surface area (Å²) in [5, 5.41) is 0.799. The van der Waals surface area contributed by atoms with Gasteiger partial charge in [-0.1, -0.05) is 41.4 Å². The van der Waals surface area contributed by atoms with Gasteiger partial charge in [-0.3, -0.25) is 0 Å². The number of sulfonamides is 1. The Kier molecular flexibility index (Phi) is 6.31. The van der Waals surface area contributed by atoms with Crippen LogP contribution in [0.5, 0.6) is 0 Å². The van der Waals surface area contributed by atoms with E-state index in [0.29, 0.717) is 15.6 Å². The number of rotatable bonds is 4. The fourth-order valence-electron chi connectivity index (χ4n) is 1.63. The lowest BCUT2D eigenvalue weighted by Gasteiger charge is -2.09. The summed E-state index contributed by atoms with van der Waals surface area (Å²) in [5.74, 6) is 0. The van der Waals surface area contributed by atoms with Crippen LogP contribution in [0.2, 0.25) is 10.0 Å². The summed E-state index contributed by atoms with van der Waals surface area (Å²) >= 11 is 11.7. The van der Waals surface area contributed by atoms with Crippen molar-refractivity contribution in [1.82, 2.24) is 4.72 Å². The topological polar surface area (TPSA) is 72.2 Å². The van der Waals surface area contributed by atoms with Gasteiger partial charge in [0.05, 0.1) is 15.7 Å². The van der Waals surface area contributed by atoms with Crippen LogP contribution >= 0.6 is 35.6 Å². The van der Waals surface area contributed by atoms with E-state index in [1.165, 1.54) is 12.1 Å². The maximum absolute atomic E-state index is 12.1. The lowest BCUT2D eigenvalue weighted by Crippen LogP contribution is -2.24. The molecule has 0 spiro atoms. The Bertz CT molecular complexity index is 736. The summed E-state index contributed by atoms with van der Waals surface area (Å²) in [5.41, 5.74) is 6.57. The molecular weight excluding hydrogens is 355 g/mol. The van der Waals surface area contributed by atoms with E-state index >= 15 is 0 Å². The van der Waals surface area contributed by atoms with Crippen LogP contribution in [0, 0.1) is 0 Å². The minimum atomic E-state index is -3.66. The van der Waals surface area contributed by atoms with Gasteiger partial charge in [-0.05, 0) is 29.8 Å². The van der Waals surface area contributed by atoms with Gasteiger partial charge in [0, 0.05) is 6.54 Å². The molecule has 4 nitrogen and oxygen atoms in total. The monoisotopic (exact) mass is 366 g/mol. The fraction of sp³-hybridized carbons (Fsp3) is 0.0769. The molecule has 0 saturated heterocycles. The lowest BCUT2D eigenvalue weighted by atomic mass is 10.2. The third-order valence-corrected chi connectivity index (χ3v) is 4.87. The van der Waals surface area contributed by atoms with Crippen molar-refractivity contribution in [1.29, 1.82) is 0 Å². The molecule has 2 aromatic carbocycles. The SMILES string of the molecule is Cl.Nc1ccccc1S(=O)(=O)NCc1ccc(Cl)c(Cl)c1. The zero-order valence-electron chi connectivity index (χ0n) is 10.7. The smallest absolute Gasteiger partial charge is 0.242 e. The molecule has 0 radical (unpaired) electrons. The van der Waals surface area contributed by atoms with Gasteiger partial charge in [0.1, 0.15) is 4.90 Å². The number of nitrogens with two attached hydrogens (primary N) is 1. The van der Waals surface area contributed by atoms with Crippen molar-refractivity contribution in [2.45, 2.75) is 11.4 Å². The minimum absolute atomic E-state index is 0. The van der Waals surface area contributed by atoms with Gasteiger partial charge in [-0.15, -0.1) is 12.4 Å². The van der Waals surface area contributed by atoms with Crippen molar-refractivity contribution < 1.29 is 8.42 Å². The number of anilines is 1. The van der Waals surface area contributed by atoms with E-state index in [4.69, 9.17) is 28.9 Å². The van der Waals surface area contributed by atoms with Crippen LogP contribution in [0.15, 0.2) is 47.4 Å². The average molecular weight is 368 g/mol. The molecule has 0 aliphatic rings. The molecule has 0 saturated carbocycles. The van der Waals surface area contributed by atoms with E-state index in [2.05, 4.69) is 4.72 Å². The van der Waals surface area contributed by atoms with Gasteiger partial charge in [-0.2, -0.15) is 0 Å². The van der Waals surface area contributed by atoms with Gasteiger partial charge in [0.2, 0.25) is 10.0 Å². The molecule has 0 bridgehead atoms. The molecule has 0 unspecified atom stereocenters. The zero-order chi connectivity index (χ0) is 14.8. The third kappa shape index (κ3) is 4.49. The summed E-state index contributed by atoms with van der Waals surface area (Å²) in [7, 11) is -3.66. The Balaban J connectivity index is 0.00000220. The average Bonchev–Trinajstić information content (AvgIpc) is 2.40. The molecule has 0 aliphatic carbocycles. The van der Waals surface area contributed by atoms with Crippen LogP contribution in [0.4, 0.5) is 5.69 Å². The molecule has 0 heterocycles. The van der Waals surface area contributed by atoms with Crippen LogP contribution in [0.3, 0.4) is 0 Å². The van der Waals surface area contributed by atoms with Crippen LogP contribution in [0.1, 0.15) is 5.56 Å². The first kappa shape index (κ1) is 18.1. The van der Waals surface area contributed by atoms with Gasteiger partial charge >= 0.3 is 0 Å². The molecule has 8 heteroatoms. The third-order valence-electron chi connectivity index (χ3n) is 2.66.